The van der Waals surface area contributed by atoms with Gasteiger partial charge in [-0.05, 0) is 23.8 Å². The number of aliphatic hydroxyl groups is 3. The van der Waals surface area contributed by atoms with Gasteiger partial charge in [-0.1, -0.05) is 6.07 Å². The highest BCUT2D eigenvalue weighted by molar-refractivity contribution is 5.87. The van der Waals surface area contributed by atoms with Crippen LogP contribution in [0.3, 0.4) is 0 Å². The summed E-state index contributed by atoms with van der Waals surface area (Å²) in [6.07, 6.45) is -3.68. The van der Waals surface area contributed by atoms with E-state index in [0.29, 0.717) is 11.5 Å². The molecule has 0 saturated carbocycles. The average Bonchev–Trinajstić information content (AvgIpc) is 3.11. The number of ether oxygens (including phenoxy) is 5. The molecule has 5 atom stereocenters. The molecular formula is C17H20O9. The lowest BCUT2D eigenvalue weighted by molar-refractivity contribution is -0.294. The minimum Gasteiger partial charge on any atom is -0.460 e. The van der Waals surface area contributed by atoms with Crippen LogP contribution in [-0.2, 0) is 19.0 Å². The zero-order chi connectivity index (χ0) is 18.7. The summed E-state index contributed by atoms with van der Waals surface area (Å²) >= 11 is 0. The lowest BCUT2D eigenvalue weighted by Gasteiger charge is -2.39. The molecule has 1 fully saturated rings. The highest BCUT2D eigenvalue weighted by Crippen LogP contribution is 2.32. The van der Waals surface area contributed by atoms with Crippen molar-refractivity contribution in [1.82, 2.24) is 0 Å². The largest absolute Gasteiger partial charge is 0.460 e. The fraction of sp³-hybridized carbons (Fsp3) is 0.471. The second-order valence-corrected chi connectivity index (χ2v) is 5.83. The van der Waals surface area contributed by atoms with Gasteiger partial charge in [0, 0.05) is 13.2 Å². The number of aliphatic hydroxyl groups excluding tert-OH is 3. The van der Waals surface area contributed by atoms with Crippen LogP contribution in [0.2, 0.25) is 0 Å². The SMILES string of the molecule is CO[C@H]1O[C@H](COC(=O)/C=C/c2ccc3c(c2)OCO3)[C@@H](O)[C@H](O)[C@H]1O. The highest BCUT2D eigenvalue weighted by Gasteiger charge is 2.44. The number of hydrogen-bond donors (Lipinski definition) is 3. The van der Waals surface area contributed by atoms with E-state index in [0.717, 1.165) is 5.56 Å². The van der Waals surface area contributed by atoms with Crippen LogP contribution in [0.25, 0.3) is 6.08 Å². The number of rotatable bonds is 5. The van der Waals surface area contributed by atoms with E-state index in [2.05, 4.69) is 0 Å². The normalized spacial score (nSPS) is 30.5. The Morgan fingerprint density at radius 3 is 2.73 bits per heavy atom. The maximum atomic E-state index is 11.9. The molecule has 0 aromatic heterocycles. The quantitative estimate of drug-likeness (QED) is 0.463. The second kappa shape index (κ2) is 8.02. The number of methoxy groups -OCH3 is 1. The van der Waals surface area contributed by atoms with Gasteiger partial charge in [-0.25, -0.2) is 4.79 Å². The van der Waals surface area contributed by atoms with Gasteiger partial charge in [-0.15, -0.1) is 0 Å². The molecule has 0 bridgehead atoms. The minimum absolute atomic E-state index is 0.164. The summed E-state index contributed by atoms with van der Waals surface area (Å²) in [7, 11) is 1.29. The fourth-order valence-corrected chi connectivity index (χ4v) is 2.64. The number of carbonyl (C=O) groups is 1. The zero-order valence-corrected chi connectivity index (χ0v) is 14.0. The van der Waals surface area contributed by atoms with Crippen molar-refractivity contribution in [3.8, 4) is 11.5 Å². The number of benzene rings is 1. The van der Waals surface area contributed by atoms with E-state index in [4.69, 9.17) is 23.7 Å². The van der Waals surface area contributed by atoms with Crippen LogP contribution in [0.15, 0.2) is 24.3 Å². The molecule has 2 aliphatic heterocycles. The van der Waals surface area contributed by atoms with Gasteiger partial charge < -0.3 is 39.0 Å². The van der Waals surface area contributed by atoms with Crippen LogP contribution in [0.5, 0.6) is 11.5 Å². The van der Waals surface area contributed by atoms with Gasteiger partial charge in [-0.2, -0.15) is 0 Å². The first kappa shape index (κ1) is 18.6. The Labute approximate surface area is 149 Å². The molecule has 3 N–H and O–H groups in total. The summed E-state index contributed by atoms with van der Waals surface area (Å²) in [6, 6.07) is 5.21. The molecule has 2 aliphatic rings. The molecule has 142 valence electrons. The van der Waals surface area contributed by atoms with Gasteiger partial charge in [0.15, 0.2) is 17.8 Å². The van der Waals surface area contributed by atoms with Crippen molar-refractivity contribution in [3.05, 3.63) is 29.8 Å². The number of hydrogen-bond acceptors (Lipinski definition) is 9. The van der Waals surface area contributed by atoms with Crippen molar-refractivity contribution in [2.45, 2.75) is 30.7 Å². The van der Waals surface area contributed by atoms with Crippen molar-refractivity contribution in [2.24, 2.45) is 0 Å². The van der Waals surface area contributed by atoms with E-state index in [1.54, 1.807) is 24.3 Å². The molecule has 0 unspecified atom stereocenters. The first-order valence-electron chi connectivity index (χ1n) is 7.96. The van der Waals surface area contributed by atoms with Crippen molar-refractivity contribution in [1.29, 1.82) is 0 Å². The van der Waals surface area contributed by atoms with Gasteiger partial charge in [0.1, 0.15) is 31.0 Å². The molecular weight excluding hydrogens is 348 g/mol. The zero-order valence-electron chi connectivity index (χ0n) is 14.0. The lowest BCUT2D eigenvalue weighted by Crippen LogP contribution is -2.59. The molecule has 1 aromatic carbocycles. The predicted octanol–water partition coefficient (Wildman–Crippen LogP) is -0.574. The van der Waals surface area contributed by atoms with E-state index < -0.39 is 36.7 Å². The third kappa shape index (κ3) is 3.97. The summed E-state index contributed by atoms with van der Waals surface area (Å²) in [5.41, 5.74) is 0.721. The maximum Gasteiger partial charge on any atom is 0.330 e. The molecule has 26 heavy (non-hydrogen) atoms. The first-order valence-corrected chi connectivity index (χ1v) is 7.96. The Hall–Kier alpha value is -2.17. The molecule has 1 aromatic rings. The third-order valence-corrected chi connectivity index (χ3v) is 4.10. The van der Waals surface area contributed by atoms with E-state index in [1.807, 2.05) is 0 Å². The number of carbonyl (C=O) groups excluding carboxylic acids is 1. The van der Waals surface area contributed by atoms with Crippen molar-refractivity contribution in [2.75, 3.05) is 20.5 Å². The molecule has 0 amide bonds. The third-order valence-electron chi connectivity index (χ3n) is 4.10. The lowest BCUT2D eigenvalue weighted by atomic mass is 9.99. The molecule has 2 heterocycles. The minimum atomic E-state index is -1.47. The van der Waals surface area contributed by atoms with Crippen molar-refractivity contribution >= 4 is 12.0 Å². The Kier molecular flexibility index (Phi) is 5.74. The standard InChI is InChI=1S/C17H20O9/c1-22-17-16(21)15(20)14(19)12(26-17)7-23-13(18)5-3-9-2-4-10-11(6-9)25-8-24-10/h2-6,12,14-17,19-21H,7-8H2,1H3/b5-3+/t12-,14-,15+,16-,17+/m1/s1. The van der Waals surface area contributed by atoms with Crippen LogP contribution < -0.4 is 9.47 Å². The number of fused-ring (bicyclic) bond motifs is 1. The highest BCUT2D eigenvalue weighted by atomic mass is 16.7. The summed E-state index contributed by atoms with van der Waals surface area (Å²) in [4.78, 5) is 11.9. The molecule has 0 radical (unpaired) electrons. The average molecular weight is 368 g/mol. The van der Waals surface area contributed by atoms with E-state index in [9.17, 15) is 20.1 Å². The van der Waals surface area contributed by atoms with Crippen LogP contribution in [0, 0.1) is 0 Å². The summed E-state index contributed by atoms with van der Waals surface area (Å²) in [5.74, 6) is 0.576. The van der Waals surface area contributed by atoms with Gasteiger partial charge >= 0.3 is 5.97 Å². The van der Waals surface area contributed by atoms with Crippen LogP contribution in [0.1, 0.15) is 5.56 Å². The Balaban J connectivity index is 1.53. The number of esters is 1. The van der Waals surface area contributed by atoms with Gasteiger partial charge in [0.2, 0.25) is 6.79 Å². The predicted molar refractivity (Wildman–Crippen MR) is 86.2 cm³/mol. The molecule has 0 aliphatic carbocycles. The van der Waals surface area contributed by atoms with Crippen LogP contribution >= 0.6 is 0 Å². The molecule has 3 rings (SSSR count). The topological polar surface area (TPSA) is 124 Å². The smallest absolute Gasteiger partial charge is 0.330 e. The van der Waals surface area contributed by atoms with E-state index >= 15 is 0 Å². The van der Waals surface area contributed by atoms with Crippen molar-refractivity contribution < 1.29 is 43.8 Å². The van der Waals surface area contributed by atoms with Gasteiger partial charge in [-0.3, -0.25) is 0 Å². The van der Waals surface area contributed by atoms with Gasteiger partial charge in [0.25, 0.3) is 0 Å². The Bertz CT molecular complexity index is 672. The molecule has 0 spiro atoms. The van der Waals surface area contributed by atoms with Crippen LogP contribution in [-0.4, -0.2) is 72.5 Å². The molecule has 9 nitrogen and oxygen atoms in total. The van der Waals surface area contributed by atoms with E-state index in [1.165, 1.54) is 13.2 Å². The van der Waals surface area contributed by atoms with Gasteiger partial charge in [0.05, 0.1) is 0 Å². The van der Waals surface area contributed by atoms with E-state index in [-0.39, 0.29) is 13.4 Å². The Morgan fingerprint density at radius 2 is 1.96 bits per heavy atom. The molecule has 9 heteroatoms. The maximum absolute atomic E-state index is 11.9. The Morgan fingerprint density at radius 1 is 1.19 bits per heavy atom. The fourth-order valence-electron chi connectivity index (χ4n) is 2.64. The second-order valence-electron chi connectivity index (χ2n) is 5.83. The monoisotopic (exact) mass is 368 g/mol. The van der Waals surface area contributed by atoms with Crippen LogP contribution in [0.4, 0.5) is 0 Å². The summed E-state index contributed by atoms with van der Waals surface area (Å²) in [6.45, 7) is -0.146. The molecule has 1 saturated heterocycles. The first-order chi connectivity index (χ1) is 12.5. The summed E-state index contributed by atoms with van der Waals surface area (Å²) in [5, 5.41) is 29.4. The summed E-state index contributed by atoms with van der Waals surface area (Å²) < 4.78 is 25.6. The van der Waals surface area contributed by atoms with Crippen molar-refractivity contribution in [3.63, 3.8) is 0 Å².